The van der Waals surface area contributed by atoms with Crippen molar-refractivity contribution >= 4 is 18.3 Å². The van der Waals surface area contributed by atoms with E-state index in [0.29, 0.717) is 6.54 Å². The molecule has 1 amide bonds. The van der Waals surface area contributed by atoms with Gasteiger partial charge in [0.25, 0.3) is 0 Å². The van der Waals surface area contributed by atoms with Crippen LogP contribution in [0.1, 0.15) is 56.6 Å². The van der Waals surface area contributed by atoms with Crippen LogP contribution in [0.3, 0.4) is 0 Å². The molecule has 1 aromatic carbocycles. The summed E-state index contributed by atoms with van der Waals surface area (Å²) in [6.45, 7) is 0.479. The Labute approximate surface area is 155 Å². The monoisotopic (exact) mass is 366 g/mol. The molecule has 138 valence electrons. The maximum absolute atomic E-state index is 12.7. The zero-order valence-electron chi connectivity index (χ0n) is 14.4. The third-order valence-corrected chi connectivity index (χ3v) is 5.69. The van der Waals surface area contributed by atoms with Crippen molar-refractivity contribution in [2.75, 3.05) is 6.54 Å². The summed E-state index contributed by atoms with van der Waals surface area (Å²) in [6.07, 6.45) is 6.66. The second kappa shape index (κ2) is 7.52. The second-order valence-electron chi connectivity index (χ2n) is 7.36. The molecule has 1 spiro atoms. The first-order chi connectivity index (χ1) is 11.7. The molecule has 1 saturated heterocycles. The lowest BCUT2D eigenvalue weighted by molar-refractivity contribution is -0.133. The molecule has 2 heterocycles. The minimum Gasteiger partial charge on any atom is -0.487 e. The third kappa shape index (κ3) is 3.64. The summed E-state index contributed by atoms with van der Waals surface area (Å²) in [6, 6.07) is 8.08. The number of carbonyl (C=O) groups excluding carboxylic acids is 1. The standard InChI is InChI=1S/C19H26N2O3.ClH/c20-12-13-7-8-17(23-13)18(22)21-15-11-19(9-3-4-10-19)24-16-6-2-1-5-14(15)16;/h1-2,5-6,13,15,17H,3-4,7-12,20H2,(H,21,22);1H/t13-,15?,17+;/m1./s1. The van der Waals surface area contributed by atoms with Crippen LogP contribution in [0.4, 0.5) is 0 Å². The van der Waals surface area contributed by atoms with Gasteiger partial charge in [-0.1, -0.05) is 18.2 Å². The van der Waals surface area contributed by atoms with Gasteiger partial charge in [-0.15, -0.1) is 12.4 Å². The number of fused-ring (bicyclic) bond motifs is 1. The van der Waals surface area contributed by atoms with E-state index in [-0.39, 0.29) is 42.2 Å². The normalized spacial score (nSPS) is 29.6. The topological polar surface area (TPSA) is 73.6 Å². The summed E-state index contributed by atoms with van der Waals surface area (Å²) in [5.74, 6) is 0.906. The molecule has 3 aliphatic rings. The van der Waals surface area contributed by atoms with Crippen LogP contribution in [0.5, 0.6) is 5.75 Å². The molecule has 0 radical (unpaired) electrons. The second-order valence-corrected chi connectivity index (χ2v) is 7.36. The summed E-state index contributed by atoms with van der Waals surface area (Å²) >= 11 is 0. The molecule has 1 aromatic rings. The van der Waals surface area contributed by atoms with Crippen molar-refractivity contribution in [2.45, 2.75) is 68.8 Å². The minimum absolute atomic E-state index is 0. The Balaban J connectivity index is 0.00000182. The number of hydrogen-bond donors (Lipinski definition) is 2. The SMILES string of the molecule is Cl.NC[C@H]1CC[C@@H](C(=O)NC2CC3(CCCC3)Oc3ccccc32)O1. The van der Waals surface area contributed by atoms with Crippen molar-refractivity contribution in [3.8, 4) is 5.75 Å². The van der Waals surface area contributed by atoms with Crippen LogP contribution in [-0.2, 0) is 9.53 Å². The highest BCUT2D eigenvalue weighted by atomic mass is 35.5. The van der Waals surface area contributed by atoms with Gasteiger partial charge in [-0.3, -0.25) is 4.79 Å². The van der Waals surface area contributed by atoms with Crippen LogP contribution in [0, 0.1) is 0 Å². The smallest absolute Gasteiger partial charge is 0.249 e. The molecule has 0 bridgehead atoms. The number of carbonyl (C=O) groups is 1. The predicted octanol–water partition coefficient (Wildman–Crippen LogP) is 2.87. The van der Waals surface area contributed by atoms with Gasteiger partial charge in [0.2, 0.25) is 5.91 Å². The lowest BCUT2D eigenvalue weighted by Gasteiger charge is -2.40. The van der Waals surface area contributed by atoms with E-state index in [0.717, 1.165) is 43.4 Å². The molecule has 5 nitrogen and oxygen atoms in total. The molecular formula is C19H27ClN2O3. The molecule has 25 heavy (non-hydrogen) atoms. The van der Waals surface area contributed by atoms with Gasteiger partial charge < -0.3 is 20.5 Å². The number of rotatable bonds is 3. The first kappa shape index (κ1) is 18.5. The minimum atomic E-state index is -0.368. The van der Waals surface area contributed by atoms with Crippen LogP contribution < -0.4 is 15.8 Å². The Morgan fingerprint density at radius 2 is 2.00 bits per heavy atom. The summed E-state index contributed by atoms with van der Waals surface area (Å²) in [5, 5.41) is 3.23. The molecule has 3 atom stereocenters. The fourth-order valence-corrected chi connectivity index (χ4v) is 4.41. The van der Waals surface area contributed by atoms with Crippen LogP contribution in [0.2, 0.25) is 0 Å². The van der Waals surface area contributed by atoms with E-state index in [1.54, 1.807) is 0 Å². The van der Waals surface area contributed by atoms with Gasteiger partial charge in [0.15, 0.2) is 0 Å². The van der Waals surface area contributed by atoms with Gasteiger partial charge in [0, 0.05) is 18.5 Å². The zero-order valence-corrected chi connectivity index (χ0v) is 15.2. The average molecular weight is 367 g/mol. The number of nitrogens with two attached hydrogens (primary N) is 1. The number of halogens is 1. The number of hydrogen-bond acceptors (Lipinski definition) is 4. The van der Waals surface area contributed by atoms with Gasteiger partial charge >= 0.3 is 0 Å². The van der Waals surface area contributed by atoms with Crippen molar-refractivity contribution in [1.29, 1.82) is 0 Å². The van der Waals surface area contributed by atoms with Gasteiger partial charge in [0.1, 0.15) is 17.5 Å². The summed E-state index contributed by atoms with van der Waals surface area (Å²) in [4.78, 5) is 12.7. The molecule has 1 aliphatic carbocycles. The fourth-order valence-electron chi connectivity index (χ4n) is 4.41. The maximum atomic E-state index is 12.7. The molecule has 3 N–H and O–H groups in total. The predicted molar refractivity (Wildman–Crippen MR) is 98.0 cm³/mol. The summed E-state index contributed by atoms with van der Waals surface area (Å²) in [5.41, 5.74) is 6.62. The van der Waals surface area contributed by atoms with Crippen molar-refractivity contribution < 1.29 is 14.3 Å². The zero-order chi connectivity index (χ0) is 16.6. The Kier molecular flexibility index (Phi) is 5.56. The lowest BCUT2D eigenvalue weighted by Crippen LogP contribution is -2.45. The number of amides is 1. The molecule has 1 saturated carbocycles. The molecule has 2 fully saturated rings. The summed E-state index contributed by atoms with van der Waals surface area (Å²) < 4.78 is 12.1. The Morgan fingerprint density at radius 1 is 1.24 bits per heavy atom. The molecular weight excluding hydrogens is 340 g/mol. The van der Waals surface area contributed by atoms with E-state index in [4.69, 9.17) is 15.2 Å². The van der Waals surface area contributed by atoms with Crippen LogP contribution in [0.25, 0.3) is 0 Å². The number of benzene rings is 1. The largest absolute Gasteiger partial charge is 0.487 e. The Morgan fingerprint density at radius 3 is 2.72 bits per heavy atom. The van der Waals surface area contributed by atoms with Crippen molar-refractivity contribution in [3.63, 3.8) is 0 Å². The number of ether oxygens (including phenoxy) is 2. The van der Waals surface area contributed by atoms with E-state index >= 15 is 0 Å². The van der Waals surface area contributed by atoms with E-state index in [1.165, 1.54) is 12.8 Å². The van der Waals surface area contributed by atoms with Crippen molar-refractivity contribution in [3.05, 3.63) is 29.8 Å². The molecule has 4 rings (SSSR count). The van der Waals surface area contributed by atoms with Gasteiger partial charge in [0.05, 0.1) is 12.1 Å². The Hall–Kier alpha value is -1.30. The Bertz CT molecular complexity index is 618. The van der Waals surface area contributed by atoms with Crippen LogP contribution >= 0.6 is 12.4 Å². The van der Waals surface area contributed by atoms with Gasteiger partial charge in [-0.2, -0.15) is 0 Å². The van der Waals surface area contributed by atoms with Gasteiger partial charge in [-0.05, 0) is 44.6 Å². The highest BCUT2D eigenvalue weighted by Crippen LogP contribution is 2.47. The third-order valence-electron chi connectivity index (χ3n) is 5.69. The first-order valence-corrected chi connectivity index (χ1v) is 9.13. The molecule has 6 heteroatoms. The van der Waals surface area contributed by atoms with Crippen molar-refractivity contribution in [2.24, 2.45) is 5.73 Å². The number of para-hydroxylation sites is 1. The van der Waals surface area contributed by atoms with E-state index < -0.39 is 0 Å². The van der Waals surface area contributed by atoms with Crippen molar-refractivity contribution in [1.82, 2.24) is 5.32 Å². The fraction of sp³-hybridized carbons (Fsp3) is 0.632. The lowest BCUT2D eigenvalue weighted by atomic mass is 9.86. The highest BCUT2D eigenvalue weighted by molar-refractivity contribution is 5.85. The maximum Gasteiger partial charge on any atom is 0.249 e. The molecule has 2 aliphatic heterocycles. The van der Waals surface area contributed by atoms with E-state index in [2.05, 4.69) is 11.4 Å². The molecule has 1 unspecified atom stereocenters. The van der Waals surface area contributed by atoms with Crippen LogP contribution in [0.15, 0.2) is 24.3 Å². The quantitative estimate of drug-likeness (QED) is 0.862. The van der Waals surface area contributed by atoms with E-state index in [9.17, 15) is 4.79 Å². The highest BCUT2D eigenvalue weighted by Gasteiger charge is 2.44. The average Bonchev–Trinajstić information content (AvgIpc) is 3.24. The van der Waals surface area contributed by atoms with Crippen LogP contribution in [-0.4, -0.2) is 30.3 Å². The number of nitrogens with one attached hydrogen (secondary N) is 1. The van der Waals surface area contributed by atoms with E-state index in [1.807, 2.05) is 18.2 Å². The van der Waals surface area contributed by atoms with Gasteiger partial charge in [-0.25, -0.2) is 0 Å². The molecule has 0 aromatic heterocycles. The summed E-state index contributed by atoms with van der Waals surface area (Å²) in [7, 11) is 0. The first-order valence-electron chi connectivity index (χ1n) is 9.13.